The Morgan fingerprint density at radius 3 is 2.80 bits per heavy atom. The van der Waals surface area contributed by atoms with Gasteiger partial charge >= 0.3 is 0 Å². The van der Waals surface area contributed by atoms with E-state index in [0.717, 1.165) is 18.0 Å². The van der Waals surface area contributed by atoms with Crippen LogP contribution in [0.25, 0.3) is 0 Å². The number of sulfonamides is 1. The van der Waals surface area contributed by atoms with E-state index in [0.29, 0.717) is 24.5 Å². The fourth-order valence-electron chi connectivity index (χ4n) is 2.64. The van der Waals surface area contributed by atoms with Crippen LogP contribution in [0.3, 0.4) is 0 Å². The minimum atomic E-state index is -3.36. The van der Waals surface area contributed by atoms with Crippen LogP contribution in [0.2, 0.25) is 0 Å². The highest BCUT2D eigenvalue weighted by Gasteiger charge is 2.33. The van der Waals surface area contributed by atoms with E-state index >= 15 is 0 Å². The first kappa shape index (κ1) is 15.9. The van der Waals surface area contributed by atoms with Gasteiger partial charge in [0.15, 0.2) is 0 Å². The molecule has 2 rings (SSSR count). The average Bonchev–Trinajstić information content (AvgIpc) is 2.88. The van der Waals surface area contributed by atoms with Crippen LogP contribution in [0, 0.1) is 0 Å². The van der Waals surface area contributed by atoms with Crippen LogP contribution in [0.4, 0.5) is 0 Å². The van der Waals surface area contributed by atoms with Gasteiger partial charge in [-0.3, -0.25) is 4.90 Å². The Hall–Kier alpha value is -0.470. The predicted octanol–water partition coefficient (Wildman–Crippen LogP) is 1.18. The van der Waals surface area contributed by atoms with Crippen molar-refractivity contribution in [3.05, 3.63) is 16.3 Å². The molecule has 1 atom stereocenters. The molecule has 0 bridgehead atoms. The summed E-state index contributed by atoms with van der Waals surface area (Å²) in [7, 11) is -1.53. The van der Waals surface area contributed by atoms with Crippen molar-refractivity contribution in [1.29, 1.82) is 0 Å². The minimum Gasteiger partial charge on any atom is -0.315 e. The molecule has 5 nitrogen and oxygen atoms in total. The van der Waals surface area contributed by atoms with Gasteiger partial charge in [0.2, 0.25) is 10.0 Å². The number of piperazine rings is 1. The lowest BCUT2D eigenvalue weighted by atomic mass is 10.2. The summed E-state index contributed by atoms with van der Waals surface area (Å²) in [4.78, 5) is 3.67. The molecule has 0 aromatic carbocycles. The molecule has 114 valence electrons. The number of likely N-dealkylation sites (N-methyl/N-ethyl adjacent to an activating group) is 1. The number of thiophene rings is 1. The monoisotopic (exact) mass is 317 g/mol. The molecule has 7 heteroatoms. The summed E-state index contributed by atoms with van der Waals surface area (Å²) in [6.07, 6.45) is 0. The molecular weight excluding hydrogens is 294 g/mol. The maximum atomic E-state index is 12.8. The van der Waals surface area contributed by atoms with Crippen molar-refractivity contribution in [1.82, 2.24) is 14.5 Å². The second-order valence-electron chi connectivity index (χ2n) is 5.08. The molecule has 1 fully saturated rings. The van der Waals surface area contributed by atoms with Crippen molar-refractivity contribution >= 4 is 21.4 Å². The normalized spacial score (nSPS) is 22.2. The number of nitrogens with one attached hydrogen (secondary N) is 1. The van der Waals surface area contributed by atoms with Gasteiger partial charge in [-0.2, -0.15) is 4.31 Å². The Balaban J connectivity index is 2.21. The molecular formula is C13H23N3O2S2. The van der Waals surface area contributed by atoms with Crippen molar-refractivity contribution in [2.24, 2.45) is 0 Å². The maximum Gasteiger partial charge on any atom is 0.244 e. The van der Waals surface area contributed by atoms with Gasteiger partial charge in [0.05, 0.1) is 4.90 Å². The molecule has 1 aromatic rings. The molecule has 1 aliphatic rings. The van der Waals surface area contributed by atoms with Crippen molar-refractivity contribution in [3.8, 4) is 0 Å². The van der Waals surface area contributed by atoms with Gasteiger partial charge in [-0.05, 0) is 32.0 Å². The third-order valence-corrected chi connectivity index (χ3v) is 6.79. The lowest BCUT2D eigenvalue weighted by Crippen LogP contribution is -2.53. The molecule has 0 spiro atoms. The Kier molecular flexibility index (Phi) is 5.19. The number of rotatable bonds is 5. The highest BCUT2D eigenvalue weighted by Crippen LogP contribution is 2.26. The van der Waals surface area contributed by atoms with E-state index in [2.05, 4.69) is 24.1 Å². The molecule has 0 amide bonds. The van der Waals surface area contributed by atoms with E-state index < -0.39 is 10.0 Å². The predicted molar refractivity (Wildman–Crippen MR) is 82.6 cm³/mol. The third-order valence-electron chi connectivity index (χ3n) is 3.79. The maximum absolute atomic E-state index is 12.8. The summed E-state index contributed by atoms with van der Waals surface area (Å²) in [5, 5.41) is 4.88. The van der Waals surface area contributed by atoms with Gasteiger partial charge in [0, 0.05) is 37.1 Å². The lowest BCUT2D eigenvalue weighted by molar-refractivity contribution is 0.135. The van der Waals surface area contributed by atoms with Crippen molar-refractivity contribution in [2.45, 2.75) is 31.3 Å². The minimum absolute atomic E-state index is 0.273. The summed E-state index contributed by atoms with van der Waals surface area (Å²) in [5.74, 6) is 0. The number of hydrogen-bond donors (Lipinski definition) is 1. The van der Waals surface area contributed by atoms with Gasteiger partial charge in [0.25, 0.3) is 0 Å². The molecule has 2 heterocycles. The first-order valence-electron chi connectivity index (χ1n) is 6.95. The smallest absolute Gasteiger partial charge is 0.244 e. The SMILES string of the molecule is CCN1CCN(S(=O)(=O)c2ccsc2CNC)CC1C. The second kappa shape index (κ2) is 6.53. The van der Waals surface area contributed by atoms with E-state index in [1.165, 1.54) is 11.3 Å². The van der Waals surface area contributed by atoms with Crippen LogP contribution >= 0.6 is 11.3 Å². The Bertz CT molecular complexity index is 542. The zero-order valence-electron chi connectivity index (χ0n) is 12.3. The van der Waals surface area contributed by atoms with Crippen molar-refractivity contribution in [2.75, 3.05) is 33.2 Å². The van der Waals surface area contributed by atoms with E-state index in [4.69, 9.17) is 0 Å². The first-order valence-corrected chi connectivity index (χ1v) is 9.27. The first-order chi connectivity index (χ1) is 9.50. The summed E-state index contributed by atoms with van der Waals surface area (Å²) in [6, 6.07) is 2.00. The van der Waals surface area contributed by atoms with E-state index in [1.54, 1.807) is 10.4 Å². The molecule has 20 heavy (non-hydrogen) atoms. The van der Waals surface area contributed by atoms with E-state index in [9.17, 15) is 8.42 Å². The van der Waals surface area contributed by atoms with Crippen LogP contribution < -0.4 is 5.32 Å². The van der Waals surface area contributed by atoms with Gasteiger partial charge in [-0.25, -0.2) is 8.42 Å². The van der Waals surface area contributed by atoms with Gasteiger partial charge in [-0.1, -0.05) is 6.92 Å². The highest BCUT2D eigenvalue weighted by molar-refractivity contribution is 7.89. The van der Waals surface area contributed by atoms with Gasteiger partial charge in [0.1, 0.15) is 0 Å². The molecule has 1 N–H and O–H groups in total. The number of nitrogens with zero attached hydrogens (tertiary/aromatic N) is 2. The van der Waals surface area contributed by atoms with E-state index in [-0.39, 0.29) is 6.04 Å². The molecule has 0 saturated carbocycles. The molecule has 1 saturated heterocycles. The van der Waals surface area contributed by atoms with Gasteiger partial charge < -0.3 is 5.32 Å². The quantitative estimate of drug-likeness (QED) is 0.886. The summed E-state index contributed by atoms with van der Waals surface area (Å²) in [6.45, 7) is 7.73. The van der Waals surface area contributed by atoms with Crippen LogP contribution in [0.5, 0.6) is 0 Å². The zero-order valence-corrected chi connectivity index (χ0v) is 13.9. The fraction of sp³-hybridized carbons (Fsp3) is 0.692. The second-order valence-corrected chi connectivity index (χ2v) is 7.99. The van der Waals surface area contributed by atoms with Crippen LogP contribution in [-0.2, 0) is 16.6 Å². The molecule has 0 aliphatic carbocycles. The van der Waals surface area contributed by atoms with Gasteiger partial charge in [-0.15, -0.1) is 11.3 Å². The largest absolute Gasteiger partial charge is 0.315 e. The van der Waals surface area contributed by atoms with Crippen LogP contribution in [0.1, 0.15) is 18.7 Å². The zero-order chi connectivity index (χ0) is 14.8. The summed E-state index contributed by atoms with van der Waals surface area (Å²) in [5.41, 5.74) is 0. The topological polar surface area (TPSA) is 52.7 Å². The van der Waals surface area contributed by atoms with Crippen molar-refractivity contribution in [3.63, 3.8) is 0 Å². The van der Waals surface area contributed by atoms with E-state index in [1.807, 2.05) is 12.4 Å². The third kappa shape index (κ3) is 3.07. The lowest BCUT2D eigenvalue weighted by Gasteiger charge is -2.38. The summed E-state index contributed by atoms with van der Waals surface area (Å²) < 4.78 is 27.2. The highest BCUT2D eigenvalue weighted by atomic mass is 32.2. The Morgan fingerprint density at radius 2 is 2.20 bits per heavy atom. The average molecular weight is 317 g/mol. The molecule has 1 unspecified atom stereocenters. The molecule has 0 radical (unpaired) electrons. The Labute approximate surface area is 125 Å². The van der Waals surface area contributed by atoms with Crippen molar-refractivity contribution < 1.29 is 8.42 Å². The Morgan fingerprint density at radius 1 is 1.45 bits per heavy atom. The number of hydrogen-bond acceptors (Lipinski definition) is 5. The molecule has 1 aliphatic heterocycles. The van der Waals surface area contributed by atoms with Crippen LogP contribution in [-0.4, -0.2) is 56.9 Å². The van der Waals surface area contributed by atoms with Crippen LogP contribution in [0.15, 0.2) is 16.3 Å². The summed E-state index contributed by atoms with van der Waals surface area (Å²) >= 11 is 1.49. The molecule has 1 aromatic heterocycles. The standard InChI is InChI=1S/C13H23N3O2S2/c1-4-15-6-7-16(10-11(15)2)20(17,18)13-5-8-19-12(13)9-14-3/h5,8,11,14H,4,6-7,9-10H2,1-3H3. The fourth-order valence-corrected chi connectivity index (χ4v) is 5.58.